The molecule has 2 heteroatoms. The van der Waals surface area contributed by atoms with Crippen LogP contribution in [0.1, 0.15) is 32.6 Å². The second-order valence-electron chi connectivity index (χ2n) is 4.09. The Morgan fingerprint density at radius 2 is 2.08 bits per heavy atom. The molecule has 0 amide bonds. The van der Waals surface area contributed by atoms with Crippen molar-refractivity contribution in [3.63, 3.8) is 0 Å². The Hall–Kier alpha value is -0.370. The van der Waals surface area contributed by atoms with Crippen molar-refractivity contribution >= 4 is 5.78 Å². The van der Waals surface area contributed by atoms with Gasteiger partial charge in [-0.3, -0.25) is 4.79 Å². The lowest BCUT2D eigenvalue weighted by atomic mass is 9.78. The SMILES string of the molecule is CC1CCOC1C(=O)C1CCC1. The first kappa shape index (κ1) is 8.24. The molecule has 0 N–H and O–H groups in total. The maximum Gasteiger partial charge on any atom is 0.164 e. The van der Waals surface area contributed by atoms with E-state index in [1.807, 2.05) is 0 Å². The zero-order valence-electron chi connectivity index (χ0n) is 7.58. The number of carbonyl (C=O) groups excluding carboxylic acids is 1. The summed E-state index contributed by atoms with van der Waals surface area (Å²) in [5, 5.41) is 0. The van der Waals surface area contributed by atoms with E-state index >= 15 is 0 Å². The first-order chi connectivity index (χ1) is 5.79. The monoisotopic (exact) mass is 168 g/mol. The molecule has 0 aromatic rings. The molecule has 2 atom stereocenters. The smallest absolute Gasteiger partial charge is 0.164 e. The molecule has 2 unspecified atom stereocenters. The zero-order chi connectivity index (χ0) is 8.55. The zero-order valence-corrected chi connectivity index (χ0v) is 7.58. The Balaban J connectivity index is 1.93. The third-order valence-electron chi connectivity index (χ3n) is 3.18. The van der Waals surface area contributed by atoms with E-state index in [0.717, 1.165) is 25.9 Å². The number of rotatable bonds is 2. The van der Waals surface area contributed by atoms with E-state index in [-0.39, 0.29) is 6.10 Å². The molecule has 1 aliphatic heterocycles. The Bertz CT molecular complexity index is 184. The summed E-state index contributed by atoms with van der Waals surface area (Å²) < 4.78 is 5.43. The highest BCUT2D eigenvalue weighted by atomic mass is 16.5. The number of ether oxygens (including phenoxy) is 1. The van der Waals surface area contributed by atoms with E-state index in [4.69, 9.17) is 4.74 Å². The third kappa shape index (κ3) is 1.28. The highest BCUT2D eigenvalue weighted by Gasteiger charge is 2.37. The van der Waals surface area contributed by atoms with E-state index < -0.39 is 0 Å². The predicted octanol–water partition coefficient (Wildman–Crippen LogP) is 1.78. The minimum absolute atomic E-state index is 0.0599. The third-order valence-corrected chi connectivity index (χ3v) is 3.18. The summed E-state index contributed by atoms with van der Waals surface area (Å²) in [5.41, 5.74) is 0. The van der Waals surface area contributed by atoms with Crippen LogP contribution in [0.15, 0.2) is 0 Å². The van der Waals surface area contributed by atoms with Crippen LogP contribution in [0.25, 0.3) is 0 Å². The van der Waals surface area contributed by atoms with Gasteiger partial charge in [0.1, 0.15) is 6.10 Å². The van der Waals surface area contributed by atoms with Crippen LogP contribution in [-0.4, -0.2) is 18.5 Å². The van der Waals surface area contributed by atoms with Crippen LogP contribution in [0.2, 0.25) is 0 Å². The van der Waals surface area contributed by atoms with E-state index in [1.54, 1.807) is 0 Å². The van der Waals surface area contributed by atoms with Gasteiger partial charge < -0.3 is 4.74 Å². The van der Waals surface area contributed by atoms with Gasteiger partial charge in [0, 0.05) is 12.5 Å². The normalized spacial score (nSPS) is 36.4. The molecule has 0 radical (unpaired) electrons. The lowest BCUT2D eigenvalue weighted by Gasteiger charge is -2.27. The average Bonchev–Trinajstić information content (AvgIpc) is 2.31. The summed E-state index contributed by atoms with van der Waals surface area (Å²) in [5.74, 6) is 1.18. The van der Waals surface area contributed by atoms with Crippen molar-refractivity contribution in [1.29, 1.82) is 0 Å². The molecule has 0 aromatic heterocycles. The molecule has 1 aliphatic carbocycles. The van der Waals surface area contributed by atoms with Crippen molar-refractivity contribution in [3.05, 3.63) is 0 Å². The highest BCUT2D eigenvalue weighted by molar-refractivity contribution is 5.86. The molecule has 1 saturated carbocycles. The first-order valence-corrected chi connectivity index (χ1v) is 4.94. The summed E-state index contributed by atoms with van der Waals surface area (Å²) in [6.45, 7) is 2.90. The molecule has 1 saturated heterocycles. The molecule has 0 spiro atoms. The van der Waals surface area contributed by atoms with Gasteiger partial charge in [0.2, 0.25) is 0 Å². The van der Waals surface area contributed by atoms with Gasteiger partial charge in [0.25, 0.3) is 0 Å². The number of carbonyl (C=O) groups is 1. The van der Waals surface area contributed by atoms with Gasteiger partial charge in [-0.15, -0.1) is 0 Å². The molecule has 0 bridgehead atoms. The summed E-state index contributed by atoms with van der Waals surface area (Å²) in [6, 6.07) is 0. The number of Topliss-reactive ketones (excluding diaryl/α,β-unsaturated/α-hetero) is 1. The lowest BCUT2D eigenvalue weighted by Crippen LogP contribution is -2.34. The van der Waals surface area contributed by atoms with E-state index in [0.29, 0.717) is 17.6 Å². The van der Waals surface area contributed by atoms with E-state index in [1.165, 1.54) is 6.42 Å². The van der Waals surface area contributed by atoms with Gasteiger partial charge in [-0.1, -0.05) is 13.3 Å². The van der Waals surface area contributed by atoms with Crippen molar-refractivity contribution < 1.29 is 9.53 Å². The van der Waals surface area contributed by atoms with Crippen molar-refractivity contribution in [2.75, 3.05) is 6.61 Å². The highest BCUT2D eigenvalue weighted by Crippen LogP contribution is 2.32. The minimum atomic E-state index is -0.0599. The fourth-order valence-electron chi connectivity index (χ4n) is 1.98. The topological polar surface area (TPSA) is 26.3 Å². The van der Waals surface area contributed by atoms with Crippen molar-refractivity contribution in [1.82, 2.24) is 0 Å². The van der Waals surface area contributed by atoms with Crippen LogP contribution in [0.5, 0.6) is 0 Å². The molecular weight excluding hydrogens is 152 g/mol. The summed E-state index contributed by atoms with van der Waals surface area (Å²) in [7, 11) is 0. The summed E-state index contributed by atoms with van der Waals surface area (Å²) in [4.78, 5) is 11.7. The quantitative estimate of drug-likeness (QED) is 0.628. The number of hydrogen-bond acceptors (Lipinski definition) is 2. The Kier molecular flexibility index (Phi) is 2.18. The fraction of sp³-hybridized carbons (Fsp3) is 0.900. The number of hydrogen-bond donors (Lipinski definition) is 0. The lowest BCUT2D eigenvalue weighted by molar-refractivity contribution is -0.135. The molecule has 12 heavy (non-hydrogen) atoms. The Labute approximate surface area is 73.3 Å². The molecule has 2 nitrogen and oxygen atoms in total. The maximum atomic E-state index is 11.7. The second-order valence-corrected chi connectivity index (χ2v) is 4.09. The van der Waals surface area contributed by atoms with Gasteiger partial charge in [-0.05, 0) is 25.2 Å². The van der Waals surface area contributed by atoms with Gasteiger partial charge in [-0.25, -0.2) is 0 Å². The van der Waals surface area contributed by atoms with Crippen LogP contribution in [0.4, 0.5) is 0 Å². The first-order valence-electron chi connectivity index (χ1n) is 4.94. The van der Waals surface area contributed by atoms with Gasteiger partial charge in [-0.2, -0.15) is 0 Å². The molecule has 1 heterocycles. The maximum absolute atomic E-state index is 11.7. The van der Waals surface area contributed by atoms with Crippen LogP contribution in [0, 0.1) is 11.8 Å². The largest absolute Gasteiger partial charge is 0.370 e. The second kappa shape index (κ2) is 3.17. The van der Waals surface area contributed by atoms with Crippen LogP contribution < -0.4 is 0 Å². The summed E-state index contributed by atoms with van der Waals surface area (Å²) >= 11 is 0. The average molecular weight is 168 g/mol. The molecular formula is C10H16O2. The van der Waals surface area contributed by atoms with Gasteiger partial charge >= 0.3 is 0 Å². The van der Waals surface area contributed by atoms with Crippen LogP contribution in [0.3, 0.4) is 0 Å². The predicted molar refractivity (Wildman–Crippen MR) is 45.9 cm³/mol. The van der Waals surface area contributed by atoms with Gasteiger partial charge in [0.15, 0.2) is 5.78 Å². The molecule has 0 aromatic carbocycles. The van der Waals surface area contributed by atoms with E-state index in [9.17, 15) is 4.79 Å². The Morgan fingerprint density at radius 3 is 2.50 bits per heavy atom. The van der Waals surface area contributed by atoms with Crippen molar-refractivity contribution in [2.24, 2.45) is 11.8 Å². The fourth-order valence-corrected chi connectivity index (χ4v) is 1.98. The molecule has 2 fully saturated rings. The van der Waals surface area contributed by atoms with Crippen molar-refractivity contribution in [2.45, 2.75) is 38.7 Å². The van der Waals surface area contributed by atoms with Crippen LogP contribution in [-0.2, 0) is 9.53 Å². The molecule has 2 aliphatic rings. The van der Waals surface area contributed by atoms with Crippen LogP contribution >= 0.6 is 0 Å². The molecule has 2 rings (SSSR count). The van der Waals surface area contributed by atoms with Crippen molar-refractivity contribution in [3.8, 4) is 0 Å². The van der Waals surface area contributed by atoms with Gasteiger partial charge in [0.05, 0.1) is 0 Å². The standard InChI is InChI=1S/C10H16O2/c1-7-5-6-12-10(7)9(11)8-3-2-4-8/h7-8,10H,2-6H2,1H3. The minimum Gasteiger partial charge on any atom is -0.370 e. The Morgan fingerprint density at radius 1 is 1.33 bits per heavy atom. The molecule has 68 valence electrons. The number of ketones is 1. The summed E-state index contributed by atoms with van der Waals surface area (Å²) in [6.07, 6.45) is 4.44. The van der Waals surface area contributed by atoms with E-state index in [2.05, 4.69) is 6.92 Å².